The number of hydrogen-bond acceptors (Lipinski definition) is 4. The van der Waals surface area contributed by atoms with Crippen LogP contribution < -0.4 is 0 Å². The fourth-order valence-electron chi connectivity index (χ4n) is 1.39. The van der Waals surface area contributed by atoms with Gasteiger partial charge in [0.05, 0.1) is 6.26 Å². The van der Waals surface area contributed by atoms with Crippen LogP contribution >= 0.6 is 0 Å². The van der Waals surface area contributed by atoms with Gasteiger partial charge in [0.1, 0.15) is 0 Å². The SMILES string of the molecule is CN(C)CCN(C)Cc1ccoc1C(=O)O. The average molecular weight is 226 g/mol. The summed E-state index contributed by atoms with van der Waals surface area (Å²) < 4.78 is 4.92. The summed E-state index contributed by atoms with van der Waals surface area (Å²) in [5, 5.41) is 8.87. The van der Waals surface area contributed by atoms with Crippen LogP contribution in [0.25, 0.3) is 0 Å². The Morgan fingerprint density at radius 1 is 1.38 bits per heavy atom. The molecule has 0 saturated carbocycles. The number of likely N-dealkylation sites (N-methyl/N-ethyl adjacent to an activating group) is 2. The Kier molecular flexibility index (Phi) is 4.52. The first-order valence-corrected chi connectivity index (χ1v) is 5.13. The van der Waals surface area contributed by atoms with Crippen molar-refractivity contribution in [2.45, 2.75) is 6.54 Å². The second-order valence-corrected chi connectivity index (χ2v) is 4.12. The Morgan fingerprint density at radius 2 is 2.06 bits per heavy atom. The van der Waals surface area contributed by atoms with E-state index in [0.717, 1.165) is 13.1 Å². The number of carboxylic acids is 1. The van der Waals surface area contributed by atoms with E-state index >= 15 is 0 Å². The first-order chi connectivity index (χ1) is 7.50. The molecule has 0 aliphatic heterocycles. The second-order valence-electron chi connectivity index (χ2n) is 4.12. The molecule has 5 nitrogen and oxygen atoms in total. The number of carboxylic acid groups (broad SMARTS) is 1. The van der Waals surface area contributed by atoms with Crippen LogP contribution in [0.4, 0.5) is 0 Å². The molecule has 1 aromatic rings. The molecule has 0 spiro atoms. The second kappa shape index (κ2) is 5.67. The van der Waals surface area contributed by atoms with Gasteiger partial charge in [0.25, 0.3) is 0 Å². The quantitative estimate of drug-likeness (QED) is 0.783. The van der Waals surface area contributed by atoms with Gasteiger partial charge in [-0.25, -0.2) is 4.79 Å². The molecule has 0 unspecified atom stereocenters. The van der Waals surface area contributed by atoms with Crippen molar-refractivity contribution in [2.24, 2.45) is 0 Å². The largest absolute Gasteiger partial charge is 0.475 e. The van der Waals surface area contributed by atoms with E-state index in [0.29, 0.717) is 12.1 Å². The van der Waals surface area contributed by atoms with Crippen LogP contribution in [0.15, 0.2) is 16.7 Å². The van der Waals surface area contributed by atoms with Crippen LogP contribution in [0, 0.1) is 0 Å². The zero-order valence-corrected chi connectivity index (χ0v) is 9.93. The number of furan rings is 1. The standard InChI is InChI=1S/C11H18N2O3/c1-12(2)5-6-13(3)8-9-4-7-16-10(9)11(14)15/h4,7H,5-6,8H2,1-3H3,(H,14,15). The summed E-state index contributed by atoms with van der Waals surface area (Å²) in [6, 6.07) is 1.70. The normalized spacial score (nSPS) is 11.3. The summed E-state index contributed by atoms with van der Waals surface area (Å²) in [5.74, 6) is -0.974. The smallest absolute Gasteiger partial charge is 0.372 e. The molecule has 0 aromatic carbocycles. The molecule has 1 N–H and O–H groups in total. The molecule has 0 bridgehead atoms. The molecule has 0 amide bonds. The number of rotatable bonds is 6. The molecule has 0 radical (unpaired) electrons. The van der Waals surface area contributed by atoms with Gasteiger partial charge in [0.2, 0.25) is 5.76 Å². The highest BCUT2D eigenvalue weighted by molar-refractivity contribution is 5.86. The monoisotopic (exact) mass is 226 g/mol. The Balaban J connectivity index is 2.52. The zero-order chi connectivity index (χ0) is 12.1. The lowest BCUT2D eigenvalue weighted by Gasteiger charge is -2.18. The highest BCUT2D eigenvalue weighted by Gasteiger charge is 2.14. The summed E-state index contributed by atoms with van der Waals surface area (Å²) in [7, 11) is 5.98. The lowest BCUT2D eigenvalue weighted by atomic mass is 10.2. The van der Waals surface area contributed by atoms with Crippen molar-refractivity contribution >= 4 is 5.97 Å². The highest BCUT2D eigenvalue weighted by atomic mass is 16.4. The predicted molar refractivity (Wildman–Crippen MR) is 60.6 cm³/mol. The average Bonchev–Trinajstić information content (AvgIpc) is 2.62. The van der Waals surface area contributed by atoms with E-state index in [9.17, 15) is 4.79 Å². The van der Waals surface area contributed by atoms with Crippen LogP contribution in [-0.4, -0.2) is 55.1 Å². The van der Waals surface area contributed by atoms with Crippen molar-refractivity contribution in [3.8, 4) is 0 Å². The third kappa shape index (κ3) is 3.67. The Labute approximate surface area is 95.3 Å². The molecule has 0 aliphatic carbocycles. The van der Waals surface area contributed by atoms with E-state index in [-0.39, 0.29) is 5.76 Å². The molecule has 1 heterocycles. The molecule has 1 aromatic heterocycles. The molecule has 0 atom stereocenters. The van der Waals surface area contributed by atoms with Crippen LogP contribution in [0.2, 0.25) is 0 Å². The first-order valence-electron chi connectivity index (χ1n) is 5.13. The van der Waals surface area contributed by atoms with Gasteiger partial charge in [0.15, 0.2) is 0 Å². The molecular formula is C11H18N2O3. The van der Waals surface area contributed by atoms with Gasteiger partial charge in [0, 0.05) is 25.2 Å². The minimum Gasteiger partial charge on any atom is -0.475 e. The lowest BCUT2D eigenvalue weighted by Crippen LogP contribution is -2.28. The molecule has 5 heteroatoms. The Morgan fingerprint density at radius 3 is 2.62 bits per heavy atom. The summed E-state index contributed by atoms with van der Waals surface area (Å²) in [5.41, 5.74) is 0.716. The minimum atomic E-state index is -1.01. The van der Waals surface area contributed by atoms with Gasteiger partial charge in [-0.3, -0.25) is 0 Å². The van der Waals surface area contributed by atoms with Crippen molar-refractivity contribution in [2.75, 3.05) is 34.2 Å². The fourth-order valence-corrected chi connectivity index (χ4v) is 1.39. The van der Waals surface area contributed by atoms with Gasteiger partial charge < -0.3 is 19.3 Å². The molecule has 0 saturated heterocycles. The number of nitrogens with zero attached hydrogens (tertiary/aromatic N) is 2. The van der Waals surface area contributed by atoms with E-state index in [2.05, 4.69) is 9.80 Å². The van der Waals surface area contributed by atoms with E-state index in [1.165, 1.54) is 6.26 Å². The number of carbonyl (C=O) groups is 1. The van der Waals surface area contributed by atoms with Gasteiger partial charge >= 0.3 is 5.97 Å². The van der Waals surface area contributed by atoms with E-state index in [1.54, 1.807) is 6.07 Å². The number of aromatic carboxylic acids is 1. The molecule has 16 heavy (non-hydrogen) atoms. The summed E-state index contributed by atoms with van der Waals surface area (Å²) in [6.07, 6.45) is 1.42. The minimum absolute atomic E-state index is 0.0386. The maximum absolute atomic E-state index is 10.8. The van der Waals surface area contributed by atoms with Gasteiger partial charge in [-0.05, 0) is 27.2 Å². The van der Waals surface area contributed by atoms with Crippen molar-refractivity contribution in [1.82, 2.24) is 9.80 Å². The first kappa shape index (κ1) is 12.7. The molecule has 0 aliphatic rings. The van der Waals surface area contributed by atoms with Crippen LogP contribution in [-0.2, 0) is 6.54 Å². The van der Waals surface area contributed by atoms with Crippen molar-refractivity contribution in [3.63, 3.8) is 0 Å². The van der Waals surface area contributed by atoms with Crippen molar-refractivity contribution in [3.05, 3.63) is 23.7 Å². The van der Waals surface area contributed by atoms with E-state index in [1.807, 2.05) is 21.1 Å². The predicted octanol–water partition coefficient (Wildman–Crippen LogP) is 0.971. The van der Waals surface area contributed by atoms with E-state index in [4.69, 9.17) is 9.52 Å². The maximum Gasteiger partial charge on any atom is 0.372 e. The fraction of sp³-hybridized carbons (Fsp3) is 0.545. The molecule has 1 rings (SSSR count). The van der Waals surface area contributed by atoms with E-state index < -0.39 is 5.97 Å². The van der Waals surface area contributed by atoms with Crippen LogP contribution in [0.3, 0.4) is 0 Å². The van der Waals surface area contributed by atoms with Gasteiger partial charge in [-0.1, -0.05) is 0 Å². The van der Waals surface area contributed by atoms with Gasteiger partial charge in [-0.15, -0.1) is 0 Å². The Hall–Kier alpha value is -1.33. The maximum atomic E-state index is 10.8. The summed E-state index contributed by atoms with van der Waals surface area (Å²) >= 11 is 0. The zero-order valence-electron chi connectivity index (χ0n) is 9.93. The van der Waals surface area contributed by atoms with Crippen LogP contribution in [0.5, 0.6) is 0 Å². The number of hydrogen-bond donors (Lipinski definition) is 1. The summed E-state index contributed by atoms with van der Waals surface area (Å²) in [6.45, 7) is 2.42. The van der Waals surface area contributed by atoms with Crippen molar-refractivity contribution < 1.29 is 14.3 Å². The topological polar surface area (TPSA) is 56.9 Å². The third-order valence-electron chi connectivity index (χ3n) is 2.31. The van der Waals surface area contributed by atoms with Crippen molar-refractivity contribution in [1.29, 1.82) is 0 Å². The molecule has 0 fully saturated rings. The Bertz CT molecular complexity index is 347. The lowest BCUT2D eigenvalue weighted by molar-refractivity contribution is 0.0659. The molecular weight excluding hydrogens is 208 g/mol. The third-order valence-corrected chi connectivity index (χ3v) is 2.31. The van der Waals surface area contributed by atoms with Crippen LogP contribution in [0.1, 0.15) is 16.1 Å². The molecule has 90 valence electrons. The van der Waals surface area contributed by atoms with Gasteiger partial charge in [-0.2, -0.15) is 0 Å². The highest BCUT2D eigenvalue weighted by Crippen LogP contribution is 2.12. The summed E-state index contributed by atoms with van der Waals surface area (Å²) in [4.78, 5) is 15.0.